The molecule has 0 saturated carbocycles. The Bertz CT molecular complexity index is 354. The number of rotatable bonds is 5. The number of hydrogen-bond donors (Lipinski definition) is 1. The van der Waals surface area contributed by atoms with Gasteiger partial charge in [-0.25, -0.2) is 0 Å². The molecule has 2 aliphatic rings. The van der Waals surface area contributed by atoms with Crippen LogP contribution in [0.25, 0.3) is 0 Å². The molecular formula is C16H32N4O2. The molecule has 2 fully saturated rings. The average Bonchev–Trinajstić information content (AvgIpc) is 2.47. The summed E-state index contributed by atoms with van der Waals surface area (Å²) in [5, 5.41) is 0. The lowest BCUT2D eigenvalue weighted by atomic mass is 10.2. The van der Waals surface area contributed by atoms with Crippen LogP contribution < -0.4 is 5.73 Å². The molecule has 0 aromatic rings. The molecule has 0 bridgehead atoms. The highest BCUT2D eigenvalue weighted by molar-refractivity contribution is 5.76. The second kappa shape index (κ2) is 8.24. The fraction of sp³-hybridized carbons (Fsp3) is 0.938. The number of ether oxygens (including phenoxy) is 1. The molecule has 2 N–H and O–H groups in total. The van der Waals surface area contributed by atoms with E-state index in [-0.39, 0.29) is 11.9 Å². The van der Waals surface area contributed by atoms with E-state index < -0.39 is 0 Å². The van der Waals surface area contributed by atoms with Crippen LogP contribution in [0.4, 0.5) is 0 Å². The quantitative estimate of drug-likeness (QED) is 0.773. The van der Waals surface area contributed by atoms with Gasteiger partial charge in [-0.2, -0.15) is 0 Å². The molecule has 2 aliphatic heterocycles. The molecule has 128 valence electrons. The Morgan fingerprint density at radius 1 is 1.18 bits per heavy atom. The van der Waals surface area contributed by atoms with E-state index in [4.69, 9.17) is 10.5 Å². The van der Waals surface area contributed by atoms with Crippen molar-refractivity contribution >= 4 is 5.91 Å². The van der Waals surface area contributed by atoms with Crippen molar-refractivity contribution in [1.29, 1.82) is 0 Å². The minimum absolute atomic E-state index is 0.0526. The fourth-order valence-corrected chi connectivity index (χ4v) is 3.19. The lowest BCUT2D eigenvalue weighted by molar-refractivity contribution is -0.133. The van der Waals surface area contributed by atoms with Gasteiger partial charge in [0.2, 0.25) is 5.91 Å². The summed E-state index contributed by atoms with van der Waals surface area (Å²) in [5.74, 6) is 0.189. The van der Waals surface area contributed by atoms with Crippen molar-refractivity contribution < 1.29 is 9.53 Å². The zero-order valence-corrected chi connectivity index (χ0v) is 14.3. The first-order chi connectivity index (χ1) is 10.5. The van der Waals surface area contributed by atoms with Gasteiger partial charge >= 0.3 is 0 Å². The molecule has 0 aromatic carbocycles. The van der Waals surface area contributed by atoms with Gasteiger partial charge in [0.05, 0.1) is 12.7 Å². The van der Waals surface area contributed by atoms with Crippen molar-refractivity contribution in [3.05, 3.63) is 0 Å². The Morgan fingerprint density at radius 2 is 1.86 bits per heavy atom. The number of carbonyl (C=O) groups is 1. The summed E-state index contributed by atoms with van der Waals surface area (Å²) in [6, 6.07) is 0.530. The van der Waals surface area contributed by atoms with E-state index in [1.165, 1.54) is 0 Å². The number of nitrogens with two attached hydrogens (primary N) is 1. The van der Waals surface area contributed by atoms with Gasteiger partial charge < -0.3 is 15.4 Å². The minimum atomic E-state index is -0.0526. The summed E-state index contributed by atoms with van der Waals surface area (Å²) in [6.07, 6.45) is 0.747. The van der Waals surface area contributed by atoms with Gasteiger partial charge in [-0.05, 0) is 20.8 Å². The fourth-order valence-electron chi connectivity index (χ4n) is 3.19. The van der Waals surface area contributed by atoms with Gasteiger partial charge in [0.25, 0.3) is 0 Å². The van der Waals surface area contributed by atoms with E-state index in [9.17, 15) is 4.79 Å². The van der Waals surface area contributed by atoms with E-state index in [0.717, 1.165) is 52.4 Å². The van der Waals surface area contributed by atoms with Gasteiger partial charge in [-0.1, -0.05) is 0 Å². The predicted molar refractivity (Wildman–Crippen MR) is 87.7 cm³/mol. The minimum Gasteiger partial charge on any atom is -0.374 e. The van der Waals surface area contributed by atoms with Crippen molar-refractivity contribution in [3.63, 3.8) is 0 Å². The molecule has 0 radical (unpaired) electrons. The first kappa shape index (κ1) is 17.7. The SMILES string of the molecule is CC(N)CC(=O)N1CCN(CC2CN(C(C)C)CCO2)CC1. The summed E-state index contributed by atoms with van der Waals surface area (Å²) >= 11 is 0. The molecule has 6 nitrogen and oxygen atoms in total. The highest BCUT2D eigenvalue weighted by Crippen LogP contribution is 2.12. The van der Waals surface area contributed by atoms with E-state index >= 15 is 0 Å². The number of hydrogen-bond acceptors (Lipinski definition) is 5. The number of nitrogens with zero attached hydrogens (tertiary/aromatic N) is 3. The van der Waals surface area contributed by atoms with Crippen LogP contribution in [0.1, 0.15) is 27.2 Å². The van der Waals surface area contributed by atoms with Crippen molar-refractivity contribution in [2.24, 2.45) is 5.73 Å². The van der Waals surface area contributed by atoms with Gasteiger partial charge in [0.15, 0.2) is 0 Å². The highest BCUT2D eigenvalue weighted by Gasteiger charge is 2.27. The number of carbonyl (C=O) groups excluding carboxylic acids is 1. The molecule has 0 aromatic heterocycles. The molecule has 2 rings (SSSR count). The third kappa shape index (κ3) is 5.19. The van der Waals surface area contributed by atoms with Gasteiger partial charge in [-0.15, -0.1) is 0 Å². The molecular weight excluding hydrogens is 280 g/mol. The van der Waals surface area contributed by atoms with E-state index in [0.29, 0.717) is 18.6 Å². The summed E-state index contributed by atoms with van der Waals surface area (Å²) in [4.78, 5) is 18.9. The smallest absolute Gasteiger partial charge is 0.224 e. The Morgan fingerprint density at radius 3 is 2.45 bits per heavy atom. The largest absolute Gasteiger partial charge is 0.374 e. The van der Waals surface area contributed by atoms with Crippen molar-refractivity contribution in [2.45, 2.75) is 45.4 Å². The lowest BCUT2D eigenvalue weighted by Crippen LogP contribution is -2.54. The Kier molecular flexibility index (Phi) is 6.62. The average molecular weight is 312 g/mol. The third-order valence-corrected chi connectivity index (χ3v) is 4.58. The van der Waals surface area contributed by atoms with E-state index in [1.807, 2.05) is 11.8 Å². The van der Waals surface area contributed by atoms with E-state index in [2.05, 4.69) is 23.6 Å². The zero-order valence-electron chi connectivity index (χ0n) is 14.3. The second-order valence-electron chi connectivity index (χ2n) is 6.94. The third-order valence-electron chi connectivity index (χ3n) is 4.58. The topological polar surface area (TPSA) is 62.0 Å². The Balaban J connectivity index is 1.72. The van der Waals surface area contributed by atoms with Crippen LogP contribution in [0.3, 0.4) is 0 Å². The lowest BCUT2D eigenvalue weighted by Gasteiger charge is -2.40. The number of morpholine rings is 1. The summed E-state index contributed by atoms with van der Waals surface area (Å²) < 4.78 is 5.91. The zero-order chi connectivity index (χ0) is 16.1. The van der Waals surface area contributed by atoms with Crippen LogP contribution in [-0.4, -0.2) is 91.2 Å². The van der Waals surface area contributed by atoms with Gasteiger partial charge in [0, 0.05) is 64.3 Å². The maximum Gasteiger partial charge on any atom is 0.224 e. The van der Waals surface area contributed by atoms with Crippen LogP contribution in [0.5, 0.6) is 0 Å². The van der Waals surface area contributed by atoms with Crippen LogP contribution in [0, 0.1) is 0 Å². The summed E-state index contributed by atoms with van der Waals surface area (Å²) in [6.45, 7) is 13.7. The standard InChI is InChI=1S/C16H32N4O2/c1-13(2)20-8-9-22-15(12-20)11-18-4-6-19(7-5-18)16(21)10-14(3)17/h13-15H,4-12,17H2,1-3H3. The maximum atomic E-state index is 12.0. The van der Waals surface area contributed by atoms with Crippen LogP contribution in [-0.2, 0) is 9.53 Å². The Labute approximate surface area is 134 Å². The number of amides is 1. The van der Waals surface area contributed by atoms with Gasteiger partial charge in [0.1, 0.15) is 0 Å². The van der Waals surface area contributed by atoms with Gasteiger partial charge in [-0.3, -0.25) is 14.6 Å². The molecule has 2 saturated heterocycles. The molecule has 2 heterocycles. The van der Waals surface area contributed by atoms with Crippen LogP contribution >= 0.6 is 0 Å². The molecule has 2 atom stereocenters. The molecule has 0 spiro atoms. The van der Waals surface area contributed by atoms with E-state index in [1.54, 1.807) is 0 Å². The summed E-state index contributed by atoms with van der Waals surface area (Å²) in [7, 11) is 0. The number of piperazine rings is 1. The maximum absolute atomic E-state index is 12.0. The van der Waals surface area contributed by atoms with Crippen molar-refractivity contribution in [3.8, 4) is 0 Å². The monoisotopic (exact) mass is 312 g/mol. The molecule has 22 heavy (non-hydrogen) atoms. The molecule has 2 unspecified atom stereocenters. The first-order valence-corrected chi connectivity index (χ1v) is 8.57. The highest BCUT2D eigenvalue weighted by atomic mass is 16.5. The summed E-state index contributed by atoms with van der Waals surface area (Å²) in [5.41, 5.74) is 5.71. The normalized spacial score (nSPS) is 26.4. The van der Waals surface area contributed by atoms with Crippen LogP contribution in [0.15, 0.2) is 0 Å². The van der Waals surface area contributed by atoms with Crippen LogP contribution in [0.2, 0.25) is 0 Å². The predicted octanol–water partition coefficient (Wildman–Crippen LogP) is -0.0229. The van der Waals surface area contributed by atoms with Crippen molar-refractivity contribution in [1.82, 2.24) is 14.7 Å². The molecule has 1 amide bonds. The second-order valence-corrected chi connectivity index (χ2v) is 6.94. The Hall–Kier alpha value is -0.690. The van der Waals surface area contributed by atoms with Crippen molar-refractivity contribution in [2.75, 3.05) is 52.4 Å². The molecule has 0 aliphatic carbocycles. The molecule has 6 heteroatoms. The first-order valence-electron chi connectivity index (χ1n) is 8.57.